The summed E-state index contributed by atoms with van der Waals surface area (Å²) < 4.78 is 28.0. The maximum atomic E-state index is 13.1. The lowest BCUT2D eigenvalue weighted by Gasteiger charge is -2.14. The highest BCUT2D eigenvalue weighted by Gasteiger charge is 2.12. The van der Waals surface area contributed by atoms with Gasteiger partial charge in [0.2, 0.25) is 0 Å². The third-order valence-corrected chi connectivity index (χ3v) is 3.95. The van der Waals surface area contributed by atoms with Gasteiger partial charge in [0, 0.05) is 21.1 Å². The number of halogens is 4. The van der Waals surface area contributed by atoms with Crippen LogP contribution in [0.25, 0.3) is 0 Å². The molecule has 1 nitrogen and oxygen atoms in total. The second-order valence-electron chi connectivity index (χ2n) is 4.25. The van der Waals surface area contributed by atoms with Crippen LogP contribution < -0.4 is 5.73 Å². The van der Waals surface area contributed by atoms with Crippen LogP contribution in [-0.2, 0) is 6.42 Å². The van der Waals surface area contributed by atoms with Gasteiger partial charge in [-0.3, -0.25) is 0 Å². The average Bonchev–Trinajstić information content (AvgIpc) is 2.30. The summed E-state index contributed by atoms with van der Waals surface area (Å²) in [5, 5.41) is 0. The van der Waals surface area contributed by atoms with E-state index in [4.69, 9.17) is 5.73 Å². The summed E-state index contributed by atoms with van der Waals surface area (Å²) in [5.74, 6) is -1.17. The predicted octanol–water partition coefficient (Wildman–Crippen LogP) is 4.73. The topological polar surface area (TPSA) is 26.0 Å². The Morgan fingerprint density at radius 3 is 2.26 bits per heavy atom. The maximum Gasteiger partial charge on any atom is 0.126 e. The Hall–Kier alpha value is -0.780. The van der Waals surface area contributed by atoms with E-state index in [-0.39, 0.29) is 6.04 Å². The van der Waals surface area contributed by atoms with Gasteiger partial charge in [0.25, 0.3) is 0 Å². The summed E-state index contributed by atoms with van der Waals surface area (Å²) in [4.78, 5) is 0. The van der Waals surface area contributed by atoms with E-state index in [2.05, 4.69) is 31.9 Å². The minimum absolute atomic E-state index is 0.340. The first-order valence-corrected chi connectivity index (χ1v) is 7.20. The fourth-order valence-electron chi connectivity index (χ4n) is 1.89. The molecule has 0 aliphatic heterocycles. The normalized spacial score (nSPS) is 12.5. The average molecular weight is 391 g/mol. The van der Waals surface area contributed by atoms with Crippen LogP contribution >= 0.6 is 31.9 Å². The second kappa shape index (κ2) is 6.11. The van der Waals surface area contributed by atoms with Gasteiger partial charge in [-0.1, -0.05) is 31.9 Å². The fraction of sp³-hybridized carbons (Fsp3) is 0.143. The molecule has 0 saturated carbocycles. The van der Waals surface area contributed by atoms with E-state index in [1.807, 2.05) is 18.2 Å². The van der Waals surface area contributed by atoms with Gasteiger partial charge < -0.3 is 5.73 Å². The van der Waals surface area contributed by atoms with E-state index < -0.39 is 11.6 Å². The molecule has 5 heteroatoms. The first-order chi connectivity index (χ1) is 8.95. The summed E-state index contributed by atoms with van der Waals surface area (Å²) in [6.45, 7) is 0. The van der Waals surface area contributed by atoms with E-state index in [1.54, 1.807) is 0 Å². The molecular weight excluding hydrogens is 380 g/mol. The van der Waals surface area contributed by atoms with Crippen LogP contribution in [-0.4, -0.2) is 0 Å². The first-order valence-electron chi connectivity index (χ1n) is 5.61. The molecule has 2 rings (SSSR count). The highest BCUT2D eigenvalue weighted by Crippen LogP contribution is 2.28. The molecule has 0 saturated heterocycles. The molecule has 0 bridgehead atoms. The lowest BCUT2D eigenvalue weighted by Crippen LogP contribution is -2.14. The van der Waals surface area contributed by atoms with E-state index in [1.165, 1.54) is 12.1 Å². The Bertz CT molecular complexity index is 582. The minimum atomic E-state index is -0.587. The van der Waals surface area contributed by atoms with Crippen LogP contribution in [0.2, 0.25) is 0 Å². The number of rotatable bonds is 3. The third kappa shape index (κ3) is 3.84. The molecule has 0 radical (unpaired) electrons. The molecule has 0 fully saturated rings. The van der Waals surface area contributed by atoms with Crippen molar-refractivity contribution >= 4 is 31.9 Å². The zero-order chi connectivity index (χ0) is 14.0. The van der Waals surface area contributed by atoms with E-state index in [0.29, 0.717) is 12.0 Å². The summed E-state index contributed by atoms with van der Waals surface area (Å²) in [5.41, 5.74) is 7.53. The van der Waals surface area contributed by atoms with E-state index >= 15 is 0 Å². The molecule has 0 aromatic heterocycles. The Balaban J connectivity index is 2.25. The SMILES string of the molecule is NC(Cc1cc(F)cc(F)c1)c1cc(Br)ccc1Br. The van der Waals surface area contributed by atoms with Crippen molar-refractivity contribution in [2.24, 2.45) is 5.73 Å². The van der Waals surface area contributed by atoms with Crippen LogP contribution in [0.5, 0.6) is 0 Å². The molecule has 0 amide bonds. The summed E-state index contributed by atoms with van der Waals surface area (Å²) in [7, 11) is 0. The van der Waals surface area contributed by atoms with Crippen molar-refractivity contribution in [2.45, 2.75) is 12.5 Å². The van der Waals surface area contributed by atoms with Gasteiger partial charge in [0.05, 0.1) is 0 Å². The van der Waals surface area contributed by atoms with Gasteiger partial charge in [-0.2, -0.15) is 0 Å². The third-order valence-electron chi connectivity index (χ3n) is 2.74. The Morgan fingerprint density at radius 1 is 1.00 bits per heavy atom. The van der Waals surface area contributed by atoms with Gasteiger partial charge >= 0.3 is 0 Å². The van der Waals surface area contributed by atoms with Gasteiger partial charge in [0.15, 0.2) is 0 Å². The zero-order valence-corrected chi connectivity index (χ0v) is 13.0. The monoisotopic (exact) mass is 389 g/mol. The molecule has 0 spiro atoms. The Kier molecular flexibility index (Phi) is 4.71. The van der Waals surface area contributed by atoms with Gasteiger partial charge in [-0.25, -0.2) is 8.78 Å². The minimum Gasteiger partial charge on any atom is -0.324 e. The number of benzene rings is 2. The molecule has 0 heterocycles. The van der Waals surface area contributed by atoms with Crippen molar-refractivity contribution in [3.8, 4) is 0 Å². The van der Waals surface area contributed by atoms with Crippen LogP contribution in [0.4, 0.5) is 8.78 Å². The van der Waals surface area contributed by atoms with Crippen molar-refractivity contribution in [1.82, 2.24) is 0 Å². The quantitative estimate of drug-likeness (QED) is 0.805. The molecule has 1 unspecified atom stereocenters. The standard InChI is InChI=1S/C14H11Br2F2N/c15-9-1-2-13(16)12(6-9)14(19)5-8-3-10(17)7-11(18)4-8/h1-4,6-7,14H,5,19H2. The highest BCUT2D eigenvalue weighted by molar-refractivity contribution is 9.11. The van der Waals surface area contributed by atoms with E-state index in [0.717, 1.165) is 20.6 Å². The molecule has 100 valence electrons. The molecule has 19 heavy (non-hydrogen) atoms. The van der Waals surface area contributed by atoms with E-state index in [9.17, 15) is 8.78 Å². The lowest BCUT2D eigenvalue weighted by atomic mass is 9.99. The highest BCUT2D eigenvalue weighted by atomic mass is 79.9. The Morgan fingerprint density at radius 2 is 1.63 bits per heavy atom. The van der Waals surface area contributed by atoms with Crippen molar-refractivity contribution in [2.75, 3.05) is 0 Å². The first kappa shape index (κ1) is 14.6. The van der Waals surface area contributed by atoms with Crippen LogP contribution in [0.1, 0.15) is 17.2 Å². The lowest BCUT2D eigenvalue weighted by molar-refractivity contribution is 0.576. The second-order valence-corrected chi connectivity index (χ2v) is 6.02. The van der Waals surface area contributed by atoms with Crippen molar-refractivity contribution in [3.05, 3.63) is 68.1 Å². The van der Waals surface area contributed by atoms with Crippen molar-refractivity contribution in [3.63, 3.8) is 0 Å². The molecule has 2 aromatic rings. The van der Waals surface area contributed by atoms with Gasteiger partial charge in [-0.05, 0) is 47.9 Å². The van der Waals surface area contributed by atoms with Crippen molar-refractivity contribution < 1.29 is 8.78 Å². The molecule has 0 aliphatic carbocycles. The number of hydrogen-bond donors (Lipinski definition) is 1. The molecule has 2 aromatic carbocycles. The van der Waals surface area contributed by atoms with Crippen LogP contribution in [0, 0.1) is 11.6 Å². The molecule has 1 atom stereocenters. The van der Waals surface area contributed by atoms with Crippen LogP contribution in [0.3, 0.4) is 0 Å². The molecular formula is C14H11Br2F2N. The van der Waals surface area contributed by atoms with Gasteiger partial charge in [0.1, 0.15) is 11.6 Å². The summed E-state index contributed by atoms with van der Waals surface area (Å²) >= 11 is 6.80. The van der Waals surface area contributed by atoms with Gasteiger partial charge in [-0.15, -0.1) is 0 Å². The summed E-state index contributed by atoms with van der Waals surface area (Å²) in [6, 6.07) is 8.78. The zero-order valence-electron chi connectivity index (χ0n) is 9.84. The molecule has 2 N–H and O–H groups in total. The maximum absolute atomic E-state index is 13.1. The predicted molar refractivity (Wildman–Crippen MR) is 78.8 cm³/mol. The fourth-order valence-corrected chi connectivity index (χ4v) is 2.81. The smallest absolute Gasteiger partial charge is 0.126 e. The Labute approximate surface area is 127 Å². The largest absolute Gasteiger partial charge is 0.324 e. The number of nitrogens with two attached hydrogens (primary N) is 1. The number of hydrogen-bond acceptors (Lipinski definition) is 1. The van der Waals surface area contributed by atoms with Crippen molar-refractivity contribution in [1.29, 1.82) is 0 Å². The molecule has 0 aliphatic rings. The van der Waals surface area contributed by atoms with Crippen LogP contribution in [0.15, 0.2) is 45.3 Å². The summed E-state index contributed by atoms with van der Waals surface area (Å²) in [6.07, 6.45) is 0.365.